The largest absolute Gasteiger partial charge is 0.352 e. The van der Waals surface area contributed by atoms with Gasteiger partial charge in [0.25, 0.3) is 0 Å². The van der Waals surface area contributed by atoms with Gasteiger partial charge in [-0.1, -0.05) is 23.7 Å². The summed E-state index contributed by atoms with van der Waals surface area (Å²) in [6.45, 7) is 3.87. The van der Waals surface area contributed by atoms with E-state index in [2.05, 4.69) is 5.32 Å². The van der Waals surface area contributed by atoms with Crippen molar-refractivity contribution in [2.24, 2.45) is 0 Å². The second-order valence-electron chi connectivity index (χ2n) is 3.03. The Morgan fingerprint density at radius 3 is 2.77 bits per heavy atom. The van der Waals surface area contributed by atoms with E-state index in [0.717, 1.165) is 11.1 Å². The number of hydrogen-bond donors (Lipinski definition) is 1. The molecule has 0 aliphatic heterocycles. The number of halogens is 1. The lowest BCUT2D eigenvalue weighted by atomic mass is 10.1. The van der Waals surface area contributed by atoms with Gasteiger partial charge in [0.15, 0.2) is 0 Å². The number of carbonyl (C=O) groups excluding carboxylic acids is 1. The van der Waals surface area contributed by atoms with Gasteiger partial charge in [0.05, 0.1) is 6.04 Å². The number of benzene rings is 1. The van der Waals surface area contributed by atoms with E-state index >= 15 is 0 Å². The molecule has 0 bridgehead atoms. The minimum absolute atomic E-state index is 0.0365. The van der Waals surface area contributed by atoms with Crippen LogP contribution < -0.4 is 5.32 Å². The summed E-state index contributed by atoms with van der Waals surface area (Å²) in [5.74, 6) is 0. The van der Waals surface area contributed by atoms with Gasteiger partial charge in [0.1, 0.15) is 0 Å². The summed E-state index contributed by atoms with van der Waals surface area (Å²) in [4.78, 5) is 10.2. The predicted molar refractivity (Wildman–Crippen MR) is 53.8 cm³/mol. The van der Waals surface area contributed by atoms with Gasteiger partial charge in [-0.15, -0.1) is 0 Å². The van der Waals surface area contributed by atoms with Crippen molar-refractivity contribution in [3.8, 4) is 0 Å². The summed E-state index contributed by atoms with van der Waals surface area (Å²) in [7, 11) is 0. The summed E-state index contributed by atoms with van der Waals surface area (Å²) in [5, 5.41) is 3.35. The summed E-state index contributed by atoms with van der Waals surface area (Å²) in [5.41, 5.74) is 2.06. The van der Waals surface area contributed by atoms with E-state index in [1.807, 2.05) is 32.0 Å². The van der Waals surface area contributed by atoms with E-state index in [9.17, 15) is 4.79 Å². The molecule has 1 aromatic carbocycles. The third-order valence-corrected chi connectivity index (χ3v) is 2.27. The van der Waals surface area contributed by atoms with E-state index in [-0.39, 0.29) is 6.04 Å². The van der Waals surface area contributed by atoms with E-state index in [0.29, 0.717) is 11.4 Å². The van der Waals surface area contributed by atoms with Crippen LogP contribution in [0, 0.1) is 6.92 Å². The molecule has 0 radical (unpaired) electrons. The molecule has 0 spiro atoms. The fourth-order valence-corrected chi connectivity index (χ4v) is 1.57. The molecule has 0 aliphatic carbocycles. The van der Waals surface area contributed by atoms with Crippen LogP contribution in [-0.4, -0.2) is 6.41 Å². The first-order chi connectivity index (χ1) is 6.15. The second kappa shape index (κ2) is 4.28. The van der Waals surface area contributed by atoms with Crippen molar-refractivity contribution in [3.63, 3.8) is 0 Å². The van der Waals surface area contributed by atoms with Gasteiger partial charge in [-0.25, -0.2) is 0 Å². The smallest absolute Gasteiger partial charge is 0.207 e. The van der Waals surface area contributed by atoms with E-state index in [1.165, 1.54) is 0 Å². The summed E-state index contributed by atoms with van der Waals surface area (Å²) < 4.78 is 0. The van der Waals surface area contributed by atoms with Crippen molar-refractivity contribution in [1.29, 1.82) is 0 Å². The molecule has 1 unspecified atom stereocenters. The topological polar surface area (TPSA) is 29.1 Å². The van der Waals surface area contributed by atoms with Crippen molar-refractivity contribution >= 4 is 18.0 Å². The van der Waals surface area contributed by atoms with Crippen LogP contribution in [0.4, 0.5) is 0 Å². The Morgan fingerprint density at radius 1 is 1.54 bits per heavy atom. The van der Waals surface area contributed by atoms with Crippen molar-refractivity contribution in [2.45, 2.75) is 19.9 Å². The van der Waals surface area contributed by atoms with Crippen molar-refractivity contribution < 1.29 is 4.79 Å². The molecule has 0 saturated heterocycles. The van der Waals surface area contributed by atoms with Crippen LogP contribution in [0.5, 0.6) is 0 Å². The summed E-state index contributed by atoms with van der Waals surface area (Å²) in [6, 6.07) is 5.76. The zero-order valence-electron chi connectivity index (χ0n) is 7.67. The number of aryl methyl sites for hydroxylation is 1. The fourth-order valence-electron chi connectivity index (χ4n) is 1.18. The highest BCUT2D eigenvalue weighted by Crippen LogP contribution is 2.23. The highest BCUT2D eigenvalue weighted by molar-refractivity contribution is 6.31. The lowest BCUT2D eigenvalue weighted by molar-refractivity contribution is -0.110. The normalized spacial score (nSPS) is 12.2. The standard InChI is InChI=1S/C10H12ClNO/c1-7-3-4-9(10(11)5-7)8(2)12-6-13/h3-6,8H,1-2H3,(H,12,13). The molecule has 0 aliphatic rings. The Bertz CT molecular complexity index is 312. The number of rotatable bonds is 3. The Morgan fingerprint density at radius 2 is 2.23 bits per heavy atom. The molecule has 13 heavy (non-hydrogen) atoms. The number of nitrogens with one attached hydrogen (secondary N) is 1. The van der Waals surface area contributed by atoms with E-state index < -0.39 is 0 Å². The molecular formula is C10H12ClNO. The zero-order chi connectivity index (χ0) is 9.84. The lowest BCUT2D eigenvalue weighted by Crippen LogP contribution is -2.16. The van der Waals surface area contributed by atoms with Crippen LogP contribution in [0.25, 0.3) is 0 Å². The average Bonchev–Trinajstić information content (AvgIpc) is 2.04. The molecule has 70 valence electrons. The van der Waals surface area contributed by atoms with Gasteiger partial charge in [0.2, 0.25) is 6.41 Å². The SMILES string of the molecule is Cc1ccc(C(C)NC=O)c(Cl)c1. The minimum atomic E-state index is -0.0365. The Hall–Kier alpha value is -1.02. The number of hydrogen-bond acceptors (Lipinski definition) is 1. The van der Waals surface area contributed by atoms with Crippen LogP contribution in [0.1, 0.15) is 24.1 Å². The van der Waals surface area contributed by atoms with E-state index in [4.69, 9.17) is 11.6 Å². The minimum Gasteiger partial charge on any atom is -0.352 e. The lowest BCUT2D eigenvalue weighted by Gasteiger charge is -2.12. The Labute approximate surface area is 82.9 Å². The molecule has 0 heterocycles. The molecular weight excluding hydrogens is 186 g/mol. The molecule has 0 aromatic heterocycles. The monoisotopic (exact) mass is 197 g/mol. The van der Waals surface area contributed by atoms with Gasteiger partial charge in [-0.3, -0.25) is 4.79 Å². The third kappa shape index (κ3) is 2.46. The van der Waals surface area contributed by atoms with Gasteiger partial charge in [-0.2, -0.15) is 0 Å². The highest BCUT2D eigenvalue weighted by Gasteiger charge is 2.07. The molecule has 0 saturated carbocycles. The fraction of sp³-hybridized carbons (Fsp3) is 0.300. The molecule has 1 aromatic rings. The maximum absolute atomic E-state index is 10.2. The van der Waals surface area contributed by atoms with Crippen molar-refractivity contribution in [2.75, 3.05) is 0 Å². The molecule has 1 rings (SSSR count). The van der Waals surface area contributed by atoms with Crippen LogP contribution in [0.3, 0.4) is 0 Å². The summed E-state index contributed by atoms with van der Waals surface area (Å²) in [6.07, 6.45) is 0.681. The van der Waals surface area contributed by atoms with Gasteiger partial charge < -0.3 is 5.32 Å². The molecule has 1 N–H and O–H groups in total. The van der Waals surface area contributed by atoms with Crippen LogP contribution >= 0.6 is 11.6 Å². The van der Waals surface area contributed by atoms with Gasteiger partial charge in [0, 0.05) is 5.02 Å². The first-order valence-corrected chi connectivity index (χ1v) is 4.48. The average molecular weight is 198 g/mol. The molecule has 3 heteroatoms. The van der Waals surface area contributed by atoms with E-state index in [1.54, 1.807) is 0 Å². The van der Waals surface area contributed by atoms with Crippen molar-refractivity contribution in [1.82, 2.24) is 5.32 Å². The van der Waals surface area contributed by atoms with Crippen LogP contribution in [0.15, 0.2) is 18.2 Å². The first-order valence-electron chi connectivity index (χ1n) is 4.11. The van der Waals surface area contributed by atoms with Gasteiger partial charge in [-0.05, 0) is 31.0 Å². The number of amides is 1. The maximum atomic E-state index is 10.2. The quantitative estimate of drug-likeness (QED) is 0.742. The molecule has 0 fully saturated rings. The summed E-state index contributed by atoms with van der Waals surface area (Å²) >= 11 is 6.00. The second-order valence-corrected chi connectivity index (χ2v) is 3.44. The molecule has 2 nitrogen and oxygen atoms in total. The maximum Gasteiger partial charge on any atom is 0.207 e. The third-order valence-electron chi connectivity index (χ3n) is 1.94. The molecule has 1 amide bonds. The predicted octanol–water partition coefficient (Wildman–Crippen LogP) is 2.46. The van der Waals surface area contributed by atoms with Crippen LogP contribution in [-0.2, 0) is 4.79 Å². The Kier molecular flexibility index (Phi) is 3.32. The first kappa shape index (κ1) is 10.1. The molecule has 1 atom stereocenters. The zero-order valence-corrected chi connectivity index (χ0v) is 8.43. The number of carbonyl (C=O) groups is 1. The van der Waals surface area contributed by atoms with Crippen molar-refractivity contribution in [3.05, 3.63) is 34.3 Å². The highest BCUT2D eigenvalue weighted by atomic mass is 35.5. The Balaban J connectivity index is 2.94. The van der Waals surface area contributed by atoms with Gasteiger partial charge >= 0.3 is 0 Å². The van der Waals surface area contributed by atoms with Crippen LogP contribution in [0.2, 0.25) is 5.02 Å².